The molecular weight excluding hydrogens is 560 g/mol. The zero-order valence-corrected chi connectivity index (χ0v) is 23.4. The van der Waals surface area contributed by atoms with E-state index < -0.39 is 23.3 Å². The van der Waals surface area contributed by atoms with Gasteiger partial charge in [-0.1, -0.05) is 30.3 Å². The van der Waals surface area contributed by atoms with E-state index in [2.05, 4.69) is 25.1 Å². The first kappa shape index (κ1) is 26.8. The molecule has 11 heteroatoms. The molecular formula is C32H30F4N6O. The molecule has 4 aliphatic heterocycles. The Kier molecular flexibility index (Phi) is 6.30. The number of pyridine rings is 1. The van der Waals surface area contributed by atoms with Crippen LogP contribution < -0.4 is 15.0 Å². The summed E-state index contributed by atoms with van der Waals surface area (Å²) in [7, 11) is 0. The predicted molar refractivity (Wildman–Crippen MR) is 155 cm³/mol. The van der Waals surface area contributed by atoms with Gasteiger partial charge in [0.2, 0.25) is 0 Å². The molecule has 3 unspecified atom stereocenters. The van der Waals surface area contributed by atoms with Crippen molar-refractivity contribution in [2.45, 2.75) is 49.7 Å². The topological polar surface area (TPSA) is 66.4 Å². The fourth-order valence-electron chi connectivity index (χ4n) is 7.64. The molecule has 43 heavy (non-hydrogen) atoms. The van der Waals surface area contributed by atoms with E-state index >= 15 is 4.39 Å². The molecule has 3 atom stereocenters. The summed E-state index contributed by atoms with van der Waals surface area (Å²) in [5.74, 6) is -0.623. The largest absolute Gasteiger partial charge is 0.461 e. The molecule has 0 aliphatic carbocycles. The number of ether oxygens (including phenoxy) is 1. The van der Waals surface area contributed by atoms with Crippen molar-refractivity contribution in [3.8, 4) is 17.3 Å². The lowest BCUT2D eigenvalue weighted by atomic mass is 9.94. The highest BCUT2D eigenvalue weighted by Gasteiger charge is 2.48. The van der Waals surface area contributed by atoms with Crippen LogP contribution >= 0.6 is 0 Å². The van der Waals surface area contributed by atoms with Crippen LogP contribution in [0.15, 0.2) is 54.2 Å². The molecule has 2 aromatic heterocycles. The summed E-state index contributed by atoms with van der Waals surface area (Å²) in [6.07, 6.45) is 3.88. The number of hydrogen-bond acceptors (Lipinski definition) is 7. The van der Waals surface area contributed by atoms with Crippen molar-refractivity contribution in [2.24, 2.45) is 0 Å². The van der Waals surface area contributed by atoms with Gasteiger partial charge in [-0.15, -0.1) is 0 Å². The van der Waals surface area contributed by atoms with Gasteiger partial charge in [-0.2, -0.15) is 18.7 Å². The minimum absolute atomic E-state index is 0.00657. The zero-order valence-electron chi connectivity index (χ0n) is 23.4. The van der Waals surface area contributed by atoms with Crippen LogP contribution in [0.2, 0.25) is 0 Å². The van der Waals surface area contributed by atoms with E-state index in [1.165, 1.54) is 6.07 Å². The van der Waals surface area contributed by atoms with Gasteiger partial charge in [0.15, 0.2) is 5.82 Å². The quantitative estimate of drug-likeness (QED) is 0.294. The summed E-state index contributed by atoms with van der Waals surface area (Å²) in [5.41, 5.74) is -0.0652. The summed E-state index contributed by atoms with van der Waals surface area (Å²) in [5, 5.41) is 4.97. The summed E-state index contributed by atoms with van der Waals surface area (Å²) in [6, 6.07) is 10.5. The lowest BCUT2D eigenvalue weighted by Gasteiger charge is -2.34. The molecule has 7 nitrogen and oxygen atoms in total. The number of aromatic nitrogens is 3. The van der Waals surface area contributed by atoms with Gasteiger partial charge in [0, 0.05) is 54.4 Å². The standard InChI is InChI=1S/C32H30F4N6O/c33-24-7-2-5-18-4-1-6-22(25(18)24)27-26(34)28-23(13-37-27)30(41-15-20-8-9-21(16-41)38-20)40-31(39-28)43-17-32-10-3-11-42(32)14-19(12-32)29(35)36/h1-2,4-7,13,20-21,38H,3,8-12,14-17H2. The Morgan fingerprint density at radius 1 is 1.05 bits per heavy atom. The minimum Gasteiger partial charge on any atom is -0.461 e. The second kappa shape index (κ2) is 10.1. The Morgan fingerprint density at radius 3 is 2.63 bits per heavy atom. The first-order chi connectivity index (χ1) is 20.9. The average molecular weight is 591 g/mol. The molecule has 0 spiro atoms. The van der Waals surface area contributed by atoms with Gasteiger partial charge in [-0.05, 0) is 50.1 Å². The fourth-order valence-corrected chi connectivity index (χ4v) is 7.64. The number of hydrogen-bond donors (Lipinski definition) is 1. The van der Waals surface area contributed by atoms with Gasteiger partial charge in [-0.25, -0.2) is 8.78 Å². The third kappa shape index (κ3) is 4.43. The van der Waals surface area contributed by atoms with E-state index in [0.29, 0.717) is 47.3 Å². The smallest absolute Gasteiger partial charge is 0.319 e. The van der Waals surface area contributed by atoms with E-state index in [1.54, 1.807) is 36.5 Å². The monoisotopic (exact) mass is 590 g/mol. The van der Waals surface area contributed by atoms with Gasteiger partial charge in [0.1, 0.15) is 29.5 Å². The second-order valence-corrected chi connectivity index (χ2v) is 12.3. The van der Waals surface area contributed by atoms with E-state index in [0.717, 1.165) is 32.2 Å². The summed E-state index contributed by atoms with van der Waals surface area (Å²) < 4.78 is 64.8. The molecule has 0 amide bonds. The van der Waals surface area contributed by atoms with Crippen LogP contribution in [-0.2, 0) is 0 Å². The minimum atomic E-state index is -1.63. The van der Waals surface area contributed by atoms with Crippen molar-refractivity contribution >= 4 is 27.5 Å². The third-order valence-electron chi connectivity index (χ3n) is 9.67. The summed E-state index contributed by atoms with van der Waals surface area (Å²) in [6.45, 7) is 2.46. The van der Waals surface area contributed by atoms with Gasteiger partial charge in [0.25, 0.3) is 6.08 Å². The normalized spacial score (nSPS) is 25.2. The Morgan fingerprint density at radius 2 is 1.84 bits per heavy atom. The van der Waals surface area contributed by atoms with Crippen molar-refractivity contribution < 1.29 is 22.3 Å². The number of halogens is 4. The van der Waals surface area contributed by atoms with Crippen molar-refractivity contribution in [1.82, 2.24) is 25.2 Å². The van der Waals surface area contributed by atoms with Gasteiger partial charge in [-0.3, -0.25) is 9.88 Å². The maximum Gasteiger partial charge on any atom is 0.319 e. The number of nitrogens with zero attached hydrogens (tertiary/aromatic N) is 5. The number of benzene rings is 2. The van der Waals surface area contributed by atoms with Gasteiger partial charge >= 0.3 is 6.01 Å². The maximum atomic E-state index is 16.5. The maximum absolute atomic E-state index is 16.5. The number of fused-ring (bicyclic) bond motifs is 5. The van der Waals surface area contributed by atoms with Crippen LogP contribution in [0.1, 0.15) is 32.1 Å². The van der Waals surface area contributed by atoms with E-state index in [-0.39, 0.29) is 47.8 Å². The van der Waals surface area contributed by atoms with Crippen LogP contribution in [0.5, 0.6) is 6.01 Å². The predicted octanol–water partition coefficient (Wildman–Crippen LogP) is 5.83. The Labute approximate surface area is 245 Å². The van der Waals surface area contributed by atoms with Crippen molar-refractivity contribution in [3.63, 3.8) is 0 Å². The molecule has 4 fully saturated rings. The summed E-state index contributed by atoms with van der Waals surface area (Å²) >= 11 is 0. The van der Waals surface area contributed by atoms with Crippen LogP contribution in [0.25, 0.3) is 32.9 Å². The van der Waals surface area contributed by atoms with Gasteiger partial charge in [0.05, 0.1) is 10.9 Å². The van der Waals surface area contributed by atoms with Crippen LogP contribution in [-0.4, -0.2) is 70.3 Å². The van der Waals surface area contributed by atoms with Gasteiger partial charge < -0.3 is 15.0 Å². The number of rotatable bonds is 5. The van der Waals surface area contributed by atoms with Crippen LogP contribution in [0.3, 0.4) is 0 Å². The molecule has 6 heterocycles. The Bertz CT molecular complexity index is 1780. The third-order valence-corrected chi connectivity index (χ3v) is 9.67. The molecule has 222 valence electrons. The lowest BCUT2D eigenvalue weighted by Crippen LogP contribution is -2.51. The highest BCUT2D eigenvalue weighted by atomic mass is 19.3. The molecule has 1 N–H and O–H groups in total. The Balaban J connectivity index is 1.23. The molecule has 4 aromatic rings. The fraction of sp³-hybridized carbons (Fsp3) is 0.406. The van der Waals surface area contributed by atoms with Crippen LogP contribution in [0, 0.1) is 11.6 Å². The molecule has 0 radical (unpaired) electrons. The lowest BCUT2D eigenvalue weighted by molar-refractivity contribution is 0.108. The number of anilines is 1. The summed E-state index contributed by atoms with van der Waals surface area (Å²) in [4.78, 5) is 18.0. The van der Waals surface area contributed by atoms with Crippen LogP contribution in [0.4, 0.5) is 23.4 Å². The highest BCUT2D eigenvalue weighted by molar-refractivity contribution is 5.99. The van der Waals surface area contributed by atoms with E-state index in [4.69, 9.17) is 9.72 Å². The highest BCUT2D eigenvalue weighted by Crippen LogP contribution is 2.43. The van der Waals surface area contributed by atoms with E-state index in [9.17, 15) is 13.2 Å². The first-order valence-corrected chi connectivity index (χ1v) is 14.8. The van der Waals surface area contributed by atoms with Crippen molar-refractivity contribution in [3.05, 3.63) is 65.9 Å². The second-order valence-electron chi connectivity index (χ2n) is 12.3. The first-order valence-electron chi connectivity index (χ1n) is 14.8. The molecule has 4 saturated heterocycles. The van der Waals surface area contributed by atoms with Crippen molar-refractivity contribution in [2.75, 3.05) is 37.7 Å². The molecule has 4 aliphatic rings. The molecule has 8 rings (SSSR count). The molecule has 0 saturated carbocycles. The average Bonchev–Trinajstić information content (AvgIpc) is 3.67. The molecule has 2 bridgehead atoms. The van der Waals surface area contributed by atoms with E-state index in [1.807, 2.05) is 0 Å². The van der Waals surface area contributed by atoms with Crippen molar-refractivity contribution in [1.29, 1.82) is 0 Å². The SMILES string of the molecule is FC(F)=C1CN2CCCC2(COc2nc(N3CC4CCC(C3)N4)c3cnc(-c4cccc5cccc(F)c45)c(F)c3n2)C1. The number of nitrogens with one attached hydrogen (secondary N) is 1. The zero-order chi connectivity index (χ0) is 29.3. The Hall–Kier alpha value is -3.83. The molecule has 2 aromatic carbocycles. The number of piperazine rings is 1.